The lowest BCUT2D eigenvalue weighted by atomic mass is 10.1. The Hall–Kier alpha value is -2.82. The fourth-order valence-corrected chi connectivity index (χ4v) is 1.91. The van der Waals surface area contributed by atoms with Crippen molar-refractivity contribution in [3.63, 3.8) is 0 Å². The van der Waals surface area contributed by atoms with Gasteiger partial charge in [-0.15, -0.1) is 0 Å². The van der Waals surface area contributed by atoms with Gasteiger partial charge < -0.3 is 20.0 Å². The van der Waals surface area contributed by atoms with E-state index in [0.717, 1.165) is 6.42 Å². The minimum atomic E-state index is -1.34. The zero-order chi connectivity index (χ0) is 15.9. The van der Waals surface area contributed by atoms with Crippen molar-refractivity contribution in [2.75, 3.05) is 11.9 Å². The number of amides is 1. The SMILES string of the molecule is CCCOc1cccc(C(=O)Nc2ccccc2C(=O)[O-])c1. The molecule has 1 amide bonds. The number of carboxylic acid groups (broad SMARTS) is 1. The van der Waals surface area contributed by atoms with Crippen LogP contribution >= 0.6 is 0 Å². The second kappa shape index (κ2) is 7.26. The van der Waals surface area contributed by atoms with Crippen LogP contribution in [0.1, 0.15) is 34.1 Å². The fourth-order valence-electron chi connectivity index (χ4n) is 1.91. The molecule has 2 aromatic rings. The lowest BCUT2D eigenvalue weighted by Gasteiger charge is -2.12. The van der Waals surface area contributed by atoms with E-state index in [1.807, 2.05) is 6.92 Å². The van der Waals surface area contributed by atoms with Crippen molar-refractivity contribution in [3.05, 3.63) is 59.7 Å². The van der Waals surface area contributed by atoms with Gasteiger partial charge in [0.25, 0.3) is 5.91 Å². The van der Waals surface area contributed by atoms with Crippen LogP contribution in [-0.2, 0) is 0 Å². The number of aromatic carboxylic acids is 1. The molecule has 114 valence electrons. The number of carbonyl (C=O) groups excluding carboxylic acids is 2. The summed E-state index contributed by atoms with van der Waals surface area (Å²) >= 11 is 0. The number of benzene rings is 2. The molecule has 0 spiro atoms. The molecule has 0 atom stereocenters. The second-order valence-electron chi connectivity index (χ2n) is 4.66. The van der Waals surface area contributed by atoms with Crippen LogP contribution < -0.4 is 15.2 Å². The molecule has 0 saturated heterocycles. The Labute approximate surface area is 128 Å². The molecule has 0 bridgehead atoms. The first kappa shape index (κ1) is 15.6. The van der Waals surface area contributed by atoms with Gasteiger partial charge in [-0.1, -0.05) is 31.2 Å². The molecule has 0 heterocycles. The fraction of sp³-hybridized carbons (Fsp3) is 0.176. The van der Waals surface area contributed by atoms with Gasteiger partial charge in [0.05, 0.1) is 18.3 Å². The van der Waals surface area contributed by atoms with E-state index in [1.54, 1.807) is 36.4 Å². The number of carbonyl (C=O) groups is 2. The Kier molecular flexibility index (Phi) is 5.14. The molecule has 0 aliphatic rings. The summed E-state index contributed by atoms with van der Waals surface area (Å²) in [7, 11) is 0. The van der Waals surface area contributed by atoms with Crippen LogP contribution in [0.4, 0.5) is 5.69 Å². The van der Waals surface area contributed by atoms with E-state index >= 15 is 0 Å². The molecule has 0 aromatic heterocycles. The number of anilines is 1. The lowest BCUT2D eigenvalue weighted by molar-refractivity contribution is -0.254. The normalized spacial score (nSPS) is 10.0. The van der Waals surface area contributed by atoms with Crippen LogP contribution in [0.15, 0.2) is 48.5 Å². The van der Waals surface area contributed by atoms with E-state index < -0.39 is 11.9 Å². The summed E-state index contributed by atoms with van der Waals surface area (Å²) in [4.78, 5) is 23.3. The first-order valence-corrected chi connectivity index (χ1v) is 6.96. The van der Waals surface area contributed by atoms with E-state index in [0.29, 0.717) is 17.9 Å². The summed E-state index contributed by atoms with van der Waals surface area (Å²) in [6, 6.07) is 12.8. The maximum absolute atomic E-state index is 12.2. The maximum Gasteiger partial charge on any atom is 0.255 e. The van der Waals surface area contributed by atoms with E-state index in [2.05, 4.69) is 5.32 Å². The molecule has 0 fully saturated rings. The number of carboxylic acids is 1. The lowest BCUT2D eigenvalue weighted by Crippen LogP contribution is -2.24. The summed E-state index contributed by atoms with van der Waals surface area (Å²) in [5.41, 5.74) is 0.531. The highest BCUT2D eigenvalue weighted by Crippen LogP contribution is 2.18. The molecule has 22 heavy (non-hydrogen) atoms. The highest BCUT2D eigenvalue weighted by Gasteiger charge is 2.10. The van der Waals surface area contributed by atoms with Crippen LogP contribution in [0.3, 0.4) is 0 Å². The van der Waals surface area contributed by atoms with Crippen LogP contribution in [0.5, 0.6) is 5.75 Å². The van der Waals surface area contributed by atoms with Gasteiger partial charge in [0.15, 0.2) is 0 Å². The van der Waals surface area contributed by atoms with Gasteiger partial charge in [0.2, 0.25) is 0 Å². The van der Waals surface area contributed by atoms with Crippen molar-refractivity contribution >= 4 is 17.6 Å². The smallest absolute Gasteiger partial charge is 0.255 e. The van der Waals surface area contributed by atoms with Crippen LogP contribution in [-0.4, -0.2) is 18.5 Å². The third kappa shape index (κ3) is 3.85. The highest BCUT2D eigenvalue weighted by molar-refractivity contribution is 6.07. The molecule has 2 aromatic carbocycles. The van der Waals surface area contributed by atoms with E-state index in [1.165, 1.54) is 12.1 Å². The van der Waals surface area contributed by atoms with Crippen molar-refractivity contribution in [3.8, 4) is 5.75 Å². The van der Waals surface area contributed by atoms with Crippen molar-refractivity contribution in [1.82, 2.24) is 0 Å². The summed E-state index contributed by atoms with van der Waals surface area (Å²) < 4.78 is 5.47. The number of rotatable bonds is 6. The maximum atomic E-state index is 12.2. The van der Waals surface area contributed by atoms with E-state index in [-0.39, 0.29) is 11.3 Å². The third-order valence-electron chi connectivity index (χ3n) is 2.96. The quantitative estimate of drug-likeness (QED) is 0.885. The number of hydrogen-bond acceptors (Lipinski definition) is 4. The Morgan fingerprint density at radius 1 is 1.14 bits per heavy atom. The van der Waals surface area contributed by atoms with Crippen LogP contribution in [0.2, 0.25) is 0 Å². The Morgan fingerprint density at radius 3 is 2.64 bits per heavy atom. The van der Waals surface area contributed by atoms with Gasteiger partial charge in [0.1, 0.15) is 5.75 Å². The number of hydrogen-bond donors (Lipinski definition) is 1. The Morgan fingerprint density at radius 2 is 1.91 bits per heavy atom. The molecular weight excluding hydrogens is 282 g/mol. The number of para-hydroxylation sites is 1. The first-order chi connectivity index (χ1) is 10.6. The Balaban J connectivity index is 2.17. The molecule has 0 unspecified atom stereocenters. The third-order valence-corrected chi connectivity index (χ3v) is 2.96. The van der Waals surface area contributed by atoms with Crippen LogP contribution in [0, 0.1) is 0 Å². The standard InChI is InChI=1S/C17H17NO4/c1-2-10-22-13-7-5-6-12(11-13)16(19)18-15-9-4-3-8-14(15)17(20)21/h3-9,11H,2,10H2,1H3,(H,18,19)(H,20,21)/p-1. The molecule has 0 aliphatic carbocycles. The number of nitrogens with one attached hydrogen (secondary N) is 1. The Bertz CT molecular complexity index is 682. The zero-order valence-corrected chi connectivity index (χ0v) is 12.2. The minimum Gasteiger partial charge on any atom is -0.545 e. The van der Waals surface area contributed by atoms with Crippen molar-refractivity contribution in [1.29, 1.82) is 0 Å². The van der Waals surface area contributed by atoms with Crippen LogP contribution in [0.25, 0.3) is 0 Å². The van der Waals surface area contributed by atoms with Gasteiger partial charge in [-0.2, -0.15) is 0 Å². The van der Waals surface area contributed by atoms with Gasteiger partial charge in [-0.05, 0) is 30.7 Å². The highest BCUT2D eigenvalue weighted by atomic mass is 16.5. The first-order valence-electron chi connectivity index (χ1n) is 6.96. The van der Waals surface area contributed by atoms with Gasteiger partial charge in [-0.3, -0.25) is 4.79 Å². The number of ether oxygens (including phenoxy) is 1. The average Bonchev–Trinajstić information content (AvgIpc) is 2.53. The summed E-state index contributed by atoms with van der Waals surface area (Å²) in [6.45, 7) is 2.56. The molecule has 1 N–H and O–H groups in total. The summed E-state index contributed by atoms with van der Waals surface area (Å²) in [5.74, 6) is -1.14. The van der Waals surface area contributed by atoms with Gasteiger partial charge >= 0.3 is 0 Å². The molecule has 2 rings (SSSR count). The molecule has 0 aliphatic heterocycles. The molecule has 5 nitrogen and oxygen atoms in total. The average molecular weight is 298 g/mol. The topological polar surface area (TPSA) is 78.5 Å². The minimum absolute atomic E-state index is 0.0609. The predicted molar refractivity (Wildman–Crippen MR) is 81.0 cm³/mol. The zero-order valence-electron chi connectivity index (χ0n) is 12.2. The molecule has 0 radical (unpaired) electrons. The second-order valence-corrected chi connectivity index (χ2v) is 4.66. The molecular formula is C17H16NO4-. The van der Waals surface area contributed by atoms with E-state index in [9.17, 15) is 14.7 Å². The predicted octanol–water partition coefficient (Wildman–Crippen LogP) is 2.09. The largest absolute Gasteiger partial charge is 0.545 e. The molecule has 0 saturated carbocycles. The summed E-state index contributed by atoms with van der Waals surface area (Å²) in [6.07, 6.45) is 0.870. The van der Waals surface area contributed by atoms with Crippen molar-refractivity contribution < 1.29 is 19.4 Å². The van der Waals surface area contributed by atoms with Gasteiger partial charge in [0, 0.05) is 11.1 Å². The van der Waals surface area contributed by atoms with Crippen molar-refractivity contribution in [2.24, 2.45) is 0 Å². The molecule has 5 heteroatoms. The van der Waals surface area contributed by atoms with Gasteiger partial charge in [-0.25, -0.2) is 0 Å². The van der Waals surface area contributed by atoms with E-state index in [4.69, 9.17) is 4.74 Å². The van der Waals surface area contributed by atoms with Crippen molar-refractivity contribution in [2.45, 2.75) is 13.3 Å². The monoisotopic (exact) mass is 298 g/mol. The summed E-state index contributed by atoms with van der Waals surface area (Å²) in [5, 5.41) is 13.6.